The highest BCUT2D eigenvalue weighted by atomic mass is 19.1. The molecule has 7 heteroatoms. The number of anilines is 1. The number of rotatable bonds is 5. The molecule has 30 heavy (non-hydrogen) atoms. The minimum atomic E-state index is -0.526. The van der Waals surface area contributed by atoms with Gasteiger partial charge < -0.3 is 19.1 Å². The molecule has 154 valence electrons. The highest BCUT2D eigenvalue weighted by Gasteiger charge is 2.22. The molecule has 0 unspecified atom stereocenters. The van der Waals surface area contributed by atoms with E-state index in [-0.39, 0.29) is 18.3 Å². The number of esters is 1. The van der Waals surface area contributed by atoms with E-state index in [1.165, 1.54) is 12.1 Å². The second-order valence-electron chi connectivity index (χ2n) is 7.06. The molecule has 3 aromatic rings. The van der Waals surface area contributed by atoms with E-state index in [4.69, 9.17) is 4.74 Å². The Morgan fingerprint density at radius 3 is 2.27 bits per heavy atom. The number of nitrogens with zero attached hydrogens (tertiary/aromatic N) is 3. The first-order chi connectivity index (χ1) is 14.6. The Balaban J connectivity index is 1.28. The first-order valence-corrected chi connectivity index (χ1v) is 9.79. The molecule has 0 spiro atoms. The summed E-state index contributed by atoms with van der Waals surface area (Å²) in [6, 6.07) is 17.2. The van der Waals surface area contributed by atoms with Crippen molar-refractivity contribution in [2.45, 2.75) is 0 Å². The zero-order valence-electron chi connectivity index (χ0n) is 16.4. The van der Waals surface area contributed by atoms with Gasteiger partial charge in [-0.3, -0.25) is 4.79 Å². The molecule has 1 aliphatic rings. The molecule has 1 saturated heterocycles. The van der Waals surface area contributed by atoms with Crippen molar-refractivity contribution in [3.63, 3.8) is 0 Å². The average molecular weight is 407 g/mol. The Labute approximate surface area is 174 Å². The smallest absolute Gasteiger partial charge is 0.338 e. The fourth-order valence-electron chi connectivity index (χ4n) is 3.47. The summed E-state index contributed by atoms with van der Waals surface area (Å²) in [4.78, 5) is 28.6. The van der Waals surface area contributed by atoms with Crippen LogP contribution in [-0.4, -0.2) is 54.1 Å². The Kier molecular flexibility index (Phi) is 5.79. The molecule has 1 fully saturated rings. The third kappa shape index (κ3) is 4.51. The molecule has 0 bridgehead atoms. The fourth-order valence-corrected chi connectivity index (χ4v) is 3.47. The molecule has 4 rings (SSSR count). The number of carbonyl (C=O) groups is 2. The summed E-state index contributed by atoms with van der Waals surface area (Å²) in [7, 11) is 0. The fraction of sp³-hybridized carbons (Fsp3) is 0.217. The van der Waals surface area contributed by atoms with Gasteiger partial charge in [-0.1, -0.05) is 6.07 Å². The van der Waals surface area contributed by atoms with Crippen LogP contribution in [0.1, 0.15) is 10.4 Å². The van der Waals surface area contributed by atoms with E-state index in [2.05, 4.69) is 4.90 Å². The first kappa shape index (κ1) is 19.7. The maximum absolute atomic E-state index is 13.1. The number of amides is 1. The van der Waals surface area contributed by atoms with Gasteiger partial charge in [-0.2, -0.15) is 0 Å². The van der Waals surface area contributed by atoms with E-state index >= 15 is 0 Å². The van der Waals surface area contributed by atoms with Gasteiger partial charge in [-0.25, -0.2) is 9.18 Å². The van der Waals surface area contributed by atoms with Crippen molar-refractivity contribution in [3.05, 3.63) is 84.4 Å². The lowest BCUT2D eigenvalue weighted by Crippen LogP contribution is -2.49. The molecule has 2 aromatic carbocycles. The number of piperazine rings is 1. The number of benzene rings is 2. The number of hydrogen-bond donors (Lipinski definition) is 0. The van der Waals surface area contributed by atoms with Crippen molar-refractivity contribution in [2.24, 2.45) is 0 Å². The van der Waals surface area contributed by atoms with E-state index in [9.17, 15) is 14.0 Å². The van der Waals surface area contributed by atoms with Crippen LogP contribution in [0.15, 0.2) is 73.1 Å². The molecule has 0 atom stereocenters. The monoisotopic (exact) mass is 407 g/mol. The number of hydrogen-bond acceptors (Lipinski definition) is 4. The maximum Gasteiger partial charge on any atom is 0.338 e. The molecule has 1 aliphatic heterocycles. The predicted octanol–water partition coefficient (Wildman–Crippen LogP) is 3.12. The van der Waals surface area contributed by atoms with Crippen molar-refractivity contribution in [1.82, 2.24) is 9.47 Å². The zero-order chi connectivity index (χ0) is 20.9. The molecular formula is C23H22FN3O3. The van der Waals surface area contributed by atoms with Gasteiger partial charge in [0.1, 0.15) is 5.82 Å². The van der Waals surface area contributed by atoms with Crippen molar-refractivity contribution in [3.8, 4) is 5.69 Å². The molecule has 0 saturated carbocycles. The Morgan fingerprint density at radius 2 is 1.57 bits per heavy atom. The molecule has 1 amide bonds. The number of carbonyl (C=O) groups excluding carboxylic acids is 2. The topological polar surface area (TPSA) is 54.8 Å². The van der Waals surface area contributed by atoms with Crippen LogP contribution in [0.5, 0.6) is 0 Å². The minimum Gasteiger partial charge on any atom is -0.452 e. The molecule has 0 radical (unpaired) electrons. The number of halogens is 1. The van der Waals surface area contributed by atoms with Gasteiger partial charge in [-0.05, 0) is 54.6 Å². The van der Waals surface area contributed by atoms with Crippen molar-refractivity contribution >= 4 is 17.6 Å². The van der Waals surface area contributed by atoms with Crippen LogP contribution in [0.25, 0.3) is 5.69 Å². The van der Waals surface area contributed by atoms with Gasteiger partial charge in [0.2, 0.25) is 0 Å². The second kappa shape index (κ2) is 8.82. The summed E-state index contributed by atoms with van der Waals surface area (Å²) in [5.41, 5.74) is 2.17. The van der Waals surface area contributed by atoms with E-state index in [1.807, 2.05) is 35.2 Å². The van der Waals surface area contributed by atoms with Crippen LogP contribution in [-0.2, 0) is 9.53 Å². The SMILES string of the molecule is O=C(OCC(=O)N1CCN(c2ccc(F)cc2)CC1)c1cccc(-n2cccc2)c1. The van der Waals surface area contributed by atoms with Crippen LogP contribution >= 0.6 is 0 Å². The van der Waals surface area contributed by atoms with Crippen molar-refractivity contribution < 1.29 is 18.7 Å². The van der Waals surface area contributed by atoms with Crippen molar-refractivity contribution in [1.29, 1.82) is 0 Å². The molecule has 6 nitrogen and oxygen atoms in total. The van der Waals surface area contributed by atoms with E-state index in [0.29, 0.717) is 31.7 Å². The number of aromatic nitrogens is 1. The van der Waals surface area contributed by atoms with Gasteiger partial charge in [-0.15, -0.1) is 0 Å². The van der Waals surface area contributed by atoms with Gasteiger partial charge in [0, 0.05) is 49.9 Å². The normalized spacial score (nSPS) is 13.9. The largest absolute Gasteiger partial charge is 0.452 e. The molecule has 0 N–H and O–H groups in total. The lowest BCUT2D eigenvalue weighted by atomic mass is 10.2. The van der Waals surface area contributed by atoms with Crippen molar-refractivity contribution in [2.75, 3.05) is 37.7 Å². The second-order valence-corrected chi connectivity index (χ2v) is 7.06. The lowest BCUT2D eigenvalue weighted by Gasteiger charge is -2.36. The predicted molar refractivity (Wildman–Crippen MR) is 111 cm³/mol. The molecule has 0 aliphatic carbocycles. The Bertz CT molecular complexity index is 1010. The lowest BCUT2D eigenvalue weighted by molar-refractivity contribution is -0.134. The first-order valence-electron chi connectivity index (χ1n) is 9.79. The van der Waals surface area contributed by atoms with Crippen LogP contribution in [0, 0.1) is 5.82 Å². The summed E-state index contributed by atoms with van der Waals surface area (Å²) in [6.45, 7) is 2.05. The molecule has 1 aromatic heterocycles. The van der Waals surface area contributed by atoms with Crippen LogP contribution < -0.4 is 4.90 Å². The Morgan fingerprint density at radius 1 is 0.867 bits per heavy atom. The number of ether oxygens (including phenoxy) is 1. The quantitative estimate of drug-likeness (QED) is 0.610. The van der Waals surface area contributed by atoms with Crippen LogP contribution in [0.3, 0.4) is 0 Å². The van der Waals surface area contributed by atoms with Crippen LogP contribution in [0.2, 0.25) is 0 Å². The standard InChI is InChI=1S/C23H22FN3O3/c24-19-6-8-20(9-7-19)26-12-14-27(15-13-26)22(28)17-30-23(29)18-4-3-5-21(16-18)25-10-1-2-11-25/h1-11,16H,12-15,17H2. The minimum absolute atomic E-state index is 0.219. The summed E-state index contributed by atoms with van der Waals surface area (Å²) in [5, 5.41) is 0. The van der Waals surface area contributed by atoms with Gasteiger partial charge >= 0.3 is 5.97 Å². The third-order valence-electron chi connectivity index (χ3n) is 5.14. The zero-order valence-corrected chi connectivity index (χ0v) is 16.4. The van der Waals surface area contributed by atoms with Crippen LogP contribution in [0.4, 0.5) is 10.1 Å². The van der Waals surface area contributed by atoms with Gasteiger partial charge in [0.15, 0.2) is 6.61 Å². The summed E-state index contributed by atoms with van der Waals surface area (Å²) >= 11 is 0. The molecule has 2 heterocycles. The van der Waals surface area contributed by atoms with Gasteiger partial charge in [0.25, 0.3) is 5.91 Å². The Hall–Kier alpha value is -3.61. The third-order valence-corrected chi connectivity index (χ3v) is 5.14. The molecular weight excluding hydrogens is 385 g/mol. The maximum atomic E-state index is 13.1. The van der Waals surface area contributed by atoms with Gasteiger partial charge in [0.05, 0.1) is 5.56 Å². The van der Waals surface area contributed by atoms with E-state index in [1.54, 1.807) is 35.2 Å². The highest BCUT2D eigenvalue weighted by molar-refractivity contribution is 5.91. The summed E-state index contributed by atoms with van der Waals surface area (Å²) in [6.07, 6.45) is 3.78. The van der Waals surface area contributed by atoms with E-state index < -0.39 is 5.97 Å². The van der Waals surface area contributed by atoms with E-state index in [0.717, 1.165) is 11.4 Å². The average Bonchev–Trinajstić information content (AvgIpc) is 3.33. The summed E-state index contributed by atoms with van der Waals surface area (Å²) in [5.74, 6) is -1.01. The highest BCUT2D eigenvalue weighted by Crippen LogP contribution is 2.17. The summed E-state index contributed by atoms with van der Waals surface area (Å²) < 4.78 is 20.2.